The van der Waals surface area contributed by atoms with Crippen molar-refractivity contribution >= 4 is 39.0 Å². The van der Waals surface area contributed by atoms with Crippen molar-refractivity contribution in [3.8, 4) is 16.9 Å². The van der Waals surface area contributed by atoms with Gasteiger partial charge in [-0.05, 0) is 60.9 Å². The number of halogens is 2. The van der Waals surface area contributed by atoms with Gasteiger partial charge in [0.2, 0.25) is 0 Å². The van der Waals surface area contributed by atoms with E-state index in [-0.39, 0.29) is 29.4 Å². The molecule has 1 aromatic heterocycles. The number of hydrogen-bond acceptors (Lipinski definition) is 4. The third-order valence-corrected chi connectivity index (χ3v) is 9.11. The van der Waals surface area contributed by atoms with Gasteiger partial charge in [-0.3, -0.25) is 13.9 Å². The van der Waals surface area contributed by atoms with Crippen LogP contribution in [0.15, 0.2) is 66.7 Å². The van der Waals surface area contributed by atoms with Gasteiger partial charge in [-0.25, -0.2) is 9.07 Å². The summed E-state index contributed by atoms with van der Waals surface area (Å²) >= 11 is 6.48. The second-order valence-corrected chi connectivity index (χ2v) is 12.0. The molecule has 9 heteroatoms. The Morgan fingerprint density at radius 2 is 1.83 bits per heavy atom. The molecule has 6 rings (SSSR count). The van der Waals surface area contributed by atoms with Crippen molar-refractivity contribution in [3.05, 3.63) is 83.1 Å². The van der Waals surface area contributed by atoms with E-state index in [0.29, 0.717) is 39.8 Å². The first kappa shape index (κ1) is 22.5. The van der Waals surface area contributed by atoms with Crippen molar-refractivity contribution in [3.63, 3.8) is 0 Å². The Balaban J connectivity index is 1.46. The zero-order chi connectivity index (χ0) is 24.3. The highest BCUT2D eigenvalue weighted by molar-refractivity contribution is 8.24. The van der Waals surface area contributed by atoms with E-state index in [1.54, 1.807) is 39.9 Å². The minimum Gasteiger partial charge on any atom is -0.334 e. The van der Waals surface area contributed by atoms with Gasteiger partial charge in [0.05, 0.1) is 22.0 Å². The van der Waals surface area contributed by atoms with Gasteiger partial charge in [0.25, 0.3) is 5.91 Å². The van der Waals surface area contributed by atoms with Crippen LogP contribution in [0.4, 0.5) is 4.39 Å². The average Bonchev–Trinajstić information content (AvgIpc) is 3.35. The van der Waals surface area contributed by atoms with E-state index in [0.717, 1.165) is 17.4 Å². The van der Waals surface area contributed by atoms with E-state index in [1.807, 2.05) is 24.3 Å². The molecule has 2 aliphatic rings. The van der Waals surface area contributed by atoms with E-state index in [1.165, 1.54) is 12.1 Å². The van der Waals surface area contributed by atoms with Crippen molar-refractivity contribution in [2.45, 2.75) is 12.5 Å². The van der Waals surface area contributed by atoms with Crippen LogP contribution in [-0.2, 0) is 0 Å². The second-order valence-electron chi connectivity index (χ2n) is 9.30. The van der Waals surface area contributed by atoms with Crippen molar-refractivity contribution in [1.82, 2.24) is 14.7 Å². The Labute approximate surface area is 208 Å². The number of rotatable bonds is 3. The van der Waals surface area contributed by atoms with E-state index >= 15 is 0 Å². The van der Waals surface area contributed by atoms with Crippen LogP contribution in [0.1, 0.15) is 16.8 Å². The molecule has 2 aliphatic heterocycles. The van der Waals surface area contributed by atoms with Gasteiger partial charge in [-0.15, -0.1) is 0 Å². The van der Waals surface area contributed by atoms with Crippen molar-refractivity contribution in [2.75, 3.05) is 18.1 Å². The predicted molar refractivity (Wildman–Crippen MR) is 137 cm³/mol. The summed E-state index contributed by atoms with van der Waals surface area (Å²) in [5.41, 5.74) is 3.28. The van der Waals surface area contributed by atoms with Gasteiger partial charge in [0.1, 0.15) is 11.5 Å². The Morgan fingerprint density at radius 1 is 1.06 bits per heavy atom. The molecule has 2 bridgehead atoms. The quantitative estimate of drug-likeness (QED) is 0.349. The fourth-order valence-corrected chi connectivity index (χ4v) is 7.63. The fourth-order valence-electron chi connectivity index (χ4n) is 5.34. The Morgan fingerprint density at radius 3 is 2.60 bits per heavy atom. The van der Waals surface area contributed by atoms with Crippen molar-refractivity contribution in [1.29, 1.82) is 0 Å². The number of likely N-dealkylation sites (tertiary alicyclic amines) is 1. The predicted octanol–water partition coefficient (Wildman–Crippen LogP) is 6.08. The first-order chi connectivity index (χ1) is 16.8. The summed E-state index contributed by atoms with van der Waals surface area (Å²) in [6.45, 7) is 0.527. The third-order valence-electron chi connectivity index (χ3n) is 6.85. The van der Waals surface area contributed by atoms with Gasteiger partial charge < -0.3 is 4.90 Å². The maximum absolute atomic E-state index is 13.6. The summed E-state index contributed by atoms with van der Waals surface area (Å²) in [6, 6.07) is 18.7. The van der Waals surface area contributed by atoms with E-state index < -0.39 is 10.6 Å². The average molecular weight is 512 g/mol. The van der Waals surface area contributed by atoms with Gasteiger partial charge in [-0.2, -0.15) is 15.7 Å². The number of carbonyl (C=O) groups is 1. The van der Waals surface area contributed by atoms with E-state index in [2.05, 4.69) is 0 Å². The van der Waals surface area contributed by atoms with Crippen LogP contribution >= 0.6 is 22.2 Å². The zero-order valence-electron chi connectivity index (χ0n) is 18.6. The van der Waals surface area contributed by atoms with Crippen LogP contribution in [0.5, 0.6) is 0 Å². The standard InChI is InChI=1S/C26H23ClFN3O3S/c27-23-4-2-1-3-21(23)25-22-10-5-17(12-24(22)31(29-25)19-8-6-18(28)7-9-19)26(32)30-13-16-11-20(30)15-35(33,34)14-16/h1-10,12,16,20,33-34H,11,13-15H2. The molecule has 4 aromatic rings. The molecular formula is C26H23ClFN3O3S. The van der Waals surface area contributed by atoms with Crippen LogP contribution in [-0.4, -0.2) is 53.8 Å². The number of amides is 1. The Kier molecular flexibility index (Phi) is 5.37. The number of hydrogen-bond donors (Lipinski definition) is 2. The van der Waals surface area contributed by atoms with Crippen molar-refractivity contribution in [2.24, 2.45) is 5.92 Å². The molecule has 1 amide bonds. The molecule has 2 N–H and O–H groups in total. The molecule has 0 radical (unpaired) electrons. The summed E-state index contributed by atoms with van der Waals surface area (Å²) in [5, 5.41) is 6.18. The molecule has 2 unspecified atom stereocenters. The SMILES string of the molecule is O=C(c1ccc2c(-c3ccccc3Cl)nn(-c3ccc(F)cc3)c2c1)N1CC2CC1CS(O)(O)C2. The summed E-state index contributed by atoms with van der Waals surface area (Å²) in [7, 11) is -2.63. The smallest absolute Gasteiger partial charge is 0.254 e. The van der Waals surface area contributed by atoms with Crippen LogP contribution in [0, 0.1) is 11.7 Å². The van der Waals surface area contributed by atoms with Gasteiger partial charge in [-0.1, -0.05) is 29.8 Å². The number of carbonyl (C=O) groups excluding carboxylic acids is 1. The second kappa shape index (κ2) is 8.34. The highest BCUT2D eigenvalue weighted by atomic mass is 35.5. The maximum Gasteiger partial charge on any atom is 0.254 e. The molecule has 0 aliphatic carbocycles. The highest BCUT2D eigenvalue weighted by Crippen LogP contribution is 2.51. The largest absolute Gasteiger partial charge is 0.334 e. The molecule has 0 saturated carbocycles. The normalized spacial score (nSPS) is 21.9. The van der Waals surface area contributed by atoms with Crippen LogP contribution in [0.2, 0.25) is 5.02 Å². The lowest BCUT2D eigenvalue weighted by Gasteiger charge is -2.39. The van der Waals surface area contributed by atoms with Crippen LogP contribution in [0.3, 0.4) is 0 Å². The van der Waals surface area contributed by atoms with Crippen LogP contribution < -0.4 is 0 Å². The fraction of sp³-hybridized carbons (Fsp3) is 0.231. The molecule has 6 nitrogen and oxygen atoms in total. The highest BCUT2D eigenvalue weighted by Gasteiger charge is 2.44. The lowest BCUT2D eigenvalue weighted by Crippen LogP contribution is -2.38. The minimum absolute atomic E-state index is 0.114. The molecule has 35 heavy (non-hydrogen) atoms. The molecule has 3 heterocycles. The summed E-state index contributed by atoms with van der Waals surface area (Å²) in [5.74, 6) is 0.233. The summed E-state index contributed by atoms with van der Waals surface area (Å²) in [4.78, 5) is 15.3. The molecule has 2 fully saturated rings. The number of benzene rings is 3. The Hall–Kier alpha value is -2.91. The topological polar surface area (TPSA) is 78.6 Å². The number of nitrogens with zero attached hydrogens (tertiary/aromatic N) is 3. The third kappa shape index (κ3) is 4.00. The lowest BCUT2D eigenvalue weighted by molar-refractivity contribution is 0.0747. The number of aromatic nitrogens is 2. The molecular weight excluding hydrogens is 489 g/mol. The van der Waals surface area contributed by atoms with Gasteiger partial charge >= 0.3 is 0 Å². The maximum atomic E-state index is 13.6. The first-order valence-electron chi connectivity index (χ1n) is 11.4. The molecule has 0 spiro atoms. The first-order valence-corrected chi connectivity index (χ1v) is 13.6. The van der Waals surface area contributed by atoms with E-state index in [4.69, 9.17) is 16.7 Å². The number of fused-ring (bicyclic) bond motifs is 3. The monoisotopic (exact) mass is 511 g/mol. The summed E-state index contributed by atoms with van der Waals surface area (Å²) in [6.07, 6.45) is 0.800. The lowest BCUT2D eigenvalue weighted by atomic mass is 10.1. The van der Waals surface area contributed by atoms with Crippen LogP contribution in [0.25, 0.3) is 27.8 Å². The van der Waals surface area contributed by atoms with Gasteiger partial charge in [0, 0.05) is 34.9 Å². The van der Waals surface area contributed by atoms with Gasteiger partial charge in [0.15, 0.2) is 0 Å². The summed E-state index contributed by atoms with van der Waals surface area (Å²) < 4.78 is 35.8. The Bertz CT molecular complexity index is 1460. The van der Waals surface area contributed by atoms with E-state index in [9.17, 15) is 18.3 Å². The molecule has 180 valence electrons. The molecule has 3 aromatic carbocycles. The minimum atomic E-state index is -2.63. The molecule has 2 atom stereocenters. The zero-order valence-corrected chi connectivity index (χ0v) is 20.2. The molecule has 2 saturated heterocycles. The van der Waals surface area contributed by atoms with Crippen molar-refractivity contribution < 1.29 is 18.3 Å².